The zero-order valence-corrected chi connectivity index (χ0v) is 14.3. The molecule has 0 heterocycles. The Labute approximate surface area is 139 Å². The second kappa shape index (κ2) is 7.64. The number of phenolic OH excluding ortho intramolecular Hbond substituents is 1. The summed E-state index contributed by atoms with van der Waals surface area (Å²) in [6, 6.07) is 21.6. The van der Waals surface area contributed by atoms with E-state index in [1.807, 2.05) is 6.07 Å². The van der Waals surface area contributed by atoms with Crippen LogP contribution in [0.1, 0.15) is 22.3 Å². The summed E-state index contributed by atoms with van der Waals surface area (Å²) in [5, 5.41) is 8.63. The van der Waals surface area contributed by atoms with Crippen LogP contribution in [0.4, 0.5) is 0 Å². The highest BCUT2D eigenvalue weighted by molar-refractivity contribution is 5.72. The molecule has 118 valence electrons. The Hall–Kier alpha value is -2.54. The van der Waals surface area contributed by atoms with Crippen LogP contribution in [0.25, 0.3) is 11.1 Å². The van der Waals surface area contributed by atoms with Gasteiger partial charge in [-0.1, -0.05) is 54.6 Å². The monoisotopic (exact) mass is 304 g/mol. The van der Waals surface area contributed by atoms with Crippen LogP contribution in [0.3, 0.4) is 0 Å². The van der Waals surface area contributed by atoms with E-state index in [4.69, 9.17) is 5.11 Å². The minimum absolute atomic E-state index is 0.322. The normalized spacial score (nSPS) is 9.91. The number of hydrogen-bond acceptors (Lipinski definition) is 1. The van der Waals surface area contributed by atoms with Gasteiger partial charge in [0, 0.05) is 0 Å². The zero-order valence-electron chi connectivity index (χ0n) is 14.3. The summed E-state index contributed by atoms with van der Waals surface area (Å²) in [4.78, 5) is 0. The van der Waals surface area contributed by atoms with Crippen molar-refractivity contribution in [2.75, 3.05) is 0 Å². The lowest BCUT2D eigenvalue weighted by Gasteiger charge is -2.15. The molecule has 1 nitrogen and oxygen atoms in total. The van der Waals surface area contributed by atoms with Gasteiger partial charge in [0.1, 0.15) is 5.75 Å². The maximum absolute atomic E-state index is 8.63. The van der Waals surface area contributed by atoms with E-state index in [0.29, 0.717) is 5.75 Å². The van der Waals surface area contributed by atoms with Crippen molar-refractivity contribution in [3.8, 4) is 16.9 Å². The first-order chi connectivity index (χ1) is 11.0. The molecule has 0 bridgehead atoms. The first-order valence-electron chi connectivity index (χ1n) is 7.87. The van der Waals surface area contributed by atoms with Crippen LogP contribution in [0.5, 0.6) is 5.75 Å². The van der Waals surface area contributed by atoms with E-state index in [1.165, 1.54) is 33.4 Å². The Balaban J connectivity index is 0.000000229. The lowest BCUT2D eigenvalue weighted by Crippen LogP contribution is -1.94. The van der Waals surface area contributed by atoms with Gasteiger partial charge in [-0.15, -0.1) is 0 Å². The summed E-state index contributed by atoms with van der Waals surface area (Å²) >= 11 is 0. The van der Waals surface area contributed by atoms with Gasteiger partial charge in [0.2, 0.25) is 0 Å². The van der Waals surface area contributed by atoms with Gasteiger partial charge in [-0.05, 0) is 73.2 Å². The Kier molecular flexibility index (Phi) is 5.59. The average molecular weight is 304 g/mol. The highest BCUT2D eigenvalue weighted by Gasteiger charge is 2.09. The number of hydrogen-bond donors (Lipinski definition) is 1. The Bertz CT molecular complexity index is 759. The third kappa shape index (κ3) is 4.23. The van der Waals surface area contributed by atoms with Crippen molar-refractivity contribution in [1.29, 1.82) is 0 Å². The van der Waals surface area contributed by atoms with Crippen molar-refractivity contribution < 1.29 is 5.11 Å². The standard InChI is InChI=1S/C16H18.C6H6O/c1-11-10-12(2)16(14(4)13(11)3)15-8-6-5-7-9-15;7-6-4-2-1-3-5-6/h5-10H,1-4H3;1-5,7H. The van der Waals surface area contributed by atoms with Gasteiger partial charge in [0.25, 0.3) is 0 Å². The minimum atomic E-state index is 0.322. The summed E-state index contributed by atoms with van der Waals surface area (Å²) in [6.45, 7) is 8.81. The highest BCUT2D eigenvalue weighted by Crippen LogP contribution is 2.30. The number of aromatic hydroxyl groups is 1. The van der Waals surface area contributed by atoms with Crippen LogP contribution in [-0.2, 0) is 0 Å². The Morgan fingerprint density at radius 1 is 0.609 bits per heavy atom. The van der Waals surface area contributed by atoms with Crippen molar-refractivity contribution in [1.82, 2.24) is 0 Å². The number of benzene rings is 3. The number of phenols is 1. The van der Waals surface area contributed by atoms with Crippen LogP contribution >= 0.6 is 0 Å². The summed E-state index contributed by atoms with van der Waals surface area (Å²) in [7, 11) is 0. The van der Waals surface area contributed by atoms with Crippen molar-refractivity contribution in [3.63, 3.8) is 0 Å². The molecule has 23 heavy (non-hydrogen) atoms. The molecule has 0 aliphatic rings. The van der Waals surface area contributed by atoms with E-state index in [0.717, 1.165) is 0 Å². The van der Waals surface area contributed by atoms with Gasteiger partial charge in [-0.25, -0.2) is 0 Å². The molecule has 3 aromatic rings. The number of rotatable bonds is 1. The zero-order chi connectivity index (χ0) is 16.8. The van der Waals surface area contributed by atoms with Crippen molar-refractivity contribution in [3.05, 3.63) is 89.0 Å². The van der Waals surface area contributed by atoms with Crippen LogP contribution in [-0.4, -0.2) is 5.11 Å². The second-order valence-corrected chi connectivity index (χ2v) is 5.84. The number of aryl methyl sites for hydroxylation is 2. The van der Waals surface area contributed by atoms with E-state index >= 15 is 0 Å². The molecule has 1 N–H and O–H groups in total. The smallest absolute Gasteiger partial charge is 0.115 e. The van der Waals surface area contributed by atoms with Crippen LogP contribution in [0.15, 0.2) is 66.7 Å². The maximum Gasteiger partial charge on any atom is 0.115 e. The summed E-state index contributed by atoms with van der Waals surface area (Å²) < 4.78 is 0. The maximum atomic E-state index is 8.63. The molecule has 1 heteroatoms. The lowest BCUT2D eigenvalue weighted by molar-refractivity contribution is 0.475. The van der Waals surface area contributed by atoms with Crippen molar-refractivity contribution in [2.45, 2.75) is 27.7 Å². The Morgan fingerprint density at radius 2 is 1.13 bits per heavy atom. The van der Waals surface area contributed by atoms with Crippen LogP contribution in [0, 0.1) is 27.7 Å². The van der Waals surface area contributed by atoms with Gasteiger partial charge < -0.3 is 5.11 Å². The SMILES string of the molecule is Cc1cc(C)c(-c2ccccc2)c(C)c1C.Oc1ccccc1. The molecular weight excluding hydrogens is 280 g/mol. The first-order valence-corrected chi connectivity index (χ1v) is 7.87. The molecule has 0 aliphatic heterocycles. The van der Waals surface area contributed by atoms with E-state index < -0.39 is 0 Å². The summed E-state index contributed by atoms with van der Waals surface area (Å²) in [6.07, 6.45) is 0. The first kappa shape index (κ1) is 16.8. The fourth-order valence-electron chi connectivity index (χ4n) is 2.76. The Morgan fingerprint density at radius 3 is 1.61 bits per heavy atom. The molecule has 0 amide bonds. The van der Waals surface area contributed by atoms with Gasteiger partial charge >= 0.3 is 0 Å². The quantitative estimate of drug-likeness (QED) is 0.586. The highest BCUT2D eigenvalue weighted by atomic mass is 16.3. The number of para-hydroxylation sites is 1. The summed E-state index contributed by atoms with van der Waals surface area (Å²) in [5.41, 5.74) is 8.28. The van der Waals surface area contributed by atoms with E-state index in [2.05, 4.69) is 64.1 Å². The molecule has 0 unspecified atom stereocenters. The summed E-state index contributed by atoms with van der Waals surface area (Å²) in [5.74, 6) is 0.322. The van der Waals surface area contributed by atoms with Gasteiger partial charge in [-0.2, -0.15) is 0 Å². The molecule has 0 saturated heterocycles. The minimum Gasteiger partial charge on any atom is -0.508 e. The molecule has 3 rings (SSSR count). The topological polar surface area (TPSA) is 20.2 Å². The lowest BCUT2D eigenvalue weighted by atomic mass is 9.90. The average Bonchev–Trinajstić information content (AvgIpc) is 2.55. The third-order valence-corrected chi connectivity index (χ3v) is 4.18. The third-order valence-electron chi connectivity index (χ3n) is 4.18. The van der Waals surface area contributed by atoms with Crippen LogP contribution < -0.4 is 0 Å². The van der Waals surface area contributed by atoms with Gasteiger partial charge in [0.05, 0.1) is 0 Å². The van der Waals surface area contributed by atoms with Gasteiger partial charge in [0.15, 0.2) is 0 Å². The van der Waals surface area contributed by atoms with E-state index in [9.17, 15) is 0 Å². The molecule has 0 saturated carbocycles. The van der Waals surface area contributed by atoms with Crippen molar-refractivity contribution >= 4 is 0 Å². The molecule has 0 aromatic heterocycles. The molecule has 0 spiro atoms. The largest absolute Gasteiger partial charge is 0.508 e. The molecule has 0 radical (unpaired) electrons. The molecule has 3 aromatic carbocycles. The predicted octanol–water partition coefficient (Wildman–Crippen LogP) is 5.98. The fraction of sp³-hybridized carbons (Fsp3) is 0.182. The van der Waals surface area contributed by atoms with Crippen molar-refractivity contribution in [2.24, 2.45) is 0 Å². The molecule has 0 fully saturated rings. The molecular formula is C22H24O. The second-order valence-electron chi connectivity index (χ2n) is 5.84. The van der Waals surface area contributed by atoms with Gasteiger partial charge in [-0.3, -0.25) is 0 Å². The fourth-order valence-corrected chi connectivity index (χ4v) is 2.76. The molecule has 0 aliphatic carbocycles. The van der Waals surface area contributed by atoms with E-state index in [-0.39, 0.29) is 0 Å². The predicted molar refractivity (Wildman–Crippen MR) is 98.9 cm³/mol. The van der Waals surface area contributed by atoms with E-state index in [1.54, 1.807) is 24.3 Å². The van der Waals surface area contributed by atoms with Crippen LogP contribution in [0.2, 0.25) is 0 Å². The molecule has 0 atom stereocenters.